The Morgan fingerprint density at radius 1 is 0.229 bits per heavy atom. The average Bonchev–Trinajstić information content (AvgIpc) is 3.30. The Kier molecular flexibility index (Phi) is 9.55. The largest absolute Gasteiger partial charge is 0.0579 e. The molecule has 0 atom stereocenters. The summed E-state index contributed by atoms with van der Waals surface area (Å²) in [5.41, 5.74) is 14.1. The number of benzene rings is 4. The van der Waals surface area contributed by atoms with Crippen LogP contribution in [0.15, 0.2) is 121 Å². The highest BCUT2D eigenvalue weighted by Gasteiger charge is 2.17. The van der Waals surface area contributed by atoms with Crippen molar-refractivity contribution < 1.29 is 0 Å². The molecule has 0 aliphatic heterocycles. The molecule has 6 rings (SSSR count). The van der Waals surface area contributed by atoms with E-state index in [9.17, 15) is 0 Å². The second-order valence-corrected chi connectivity index (χ2v) is 17.7. The van der Waals surface area contributed by atoms with Crippen LogP contribution in [-0.2, 0) is 21.7 Å². The molecule has 4 aromatic carbocycles. The maximum atomic E-state index is 2.32. The van der Waals surface area contributed by atoms with E-state index in [1.165, 1.54) is 66.4 Å². The first kappa shape index (κ1) is 35.2. The van der Waals surface area contributed by atoms with Gasteiger partial charge in [0.25, 0.3) is 0 Å². The Morgan fingerprint density at radius 2 is 0.500 bits per heavy atom. The van der Waals surface area contributed by atoms with Crippen molar-refractivity contribution in [3.05, 3.63) is 144 Å². The summed E-state index contributed by atoms with van der Waals surface area (Å²) in [4.78, 5) is 0. The third-order valence-corrected chi connectivity index (χ3v) is 9.58. The molecule has 0 fully saturated rings. The van der Waals surface area contributed by atoms with Crippen molar-refractivity contribution >= 4 is 10.8 Å². The van der Waals surface area contributed by atoms with Crippen LogP contribution in [0, 0.1) is 0 Å². The zero-order valence-electron chi connectivity index (χ0n) is 31.5. The number of hydrogen-bond acceptors (Lipinski definition) is 0. The van der Waals surface area contributed by atoms with Crippen molar-refractivity contribution in [1.29, 1.82) is 0 Å². The summed E-state index contributed by atoms with van der Waals surface area (Å²) in [7, 11) is 0. The molecule has 248 valence electrons. The van der Waals surface area contributed by atoms with E-state index >= 15 is 0 Å². The number of rotatable bonds is 2. The summed E-state index contributed by atoms with van der Waals surface area (Å²) >= 11 is 0. The van der Waals surface area contributed by atoms with Crippen LogP contribution in [0.4, 0.5) is 0 Å². The Morgan fingerprint density at radius 3 is 0.896 bits per heavy atom. The molecule has 0 amide bonds. The van der Waals surface area contributed by atoms with Gasteiger partial charge in [-0.15, -0.1) is 0 Å². The molecule has 0 unspecified atom stereocenters. The van der Waals surface area contributed by atoms with E-state index in [1.807, 2.05) is 0 Å². The Hall–Kier alpha value is -4.16. The summed E-state index contributed by atoms with van der Waals surface area (Å²) in [6.45, 7) is 27.1. The van der Waals surface area contributed by atoms with Gasteiger partial charge in [-0.1, -0.05) is 186 Å². The van der Waals surface area contributed by atoms with Crippen LogP contribution in [0.2, 0.25) is 0 Å². The third kappa shape index (κ3) is 8.27. The molecule has 0 heteroatoms. The van der Waals surface area contributed by atoms with Gasteiger partial charge in [0, 0.05) is 0 Å². The van der Waals surface area contributed by atoms with E-state index in [4.69, 9.17) is 0 Å². The van der Waals surface area contributed by atoms with Crippen molar-refractivity contribution in [3.63, 3.8) is 0 Å². The lowest BCUT2D eigenvalue weighted by Crippen LogP contribution is -2.10. The van der Waals surface area contributed by atoms with Crippen LogP contribution in [-0.4, -0.2) is 0 Å². The van der Waals surface area contributed by atoms with Crippen LogP contribution in [0.5, 0.6) is 0 Å². The van der Waals surface area contributed by atoms with Crippen molar-refractivity contribution in [2.24, 2.45) is 0 Å². The van der Waals surface area contributed by atoms with Gasteiger partial charge in [0.2, 0.25) is 0 Å². The SMILES string of the molecule is CC(C)(C)c1ccc(-c2cc3ccc(C(C)(C)C)ccc-3c2)cc1.CC(C)(C)c1ccc(-c2ccc3cc(C(C)(C)C)ccc3c2)cc1. The van der Waals surface area contributed by atoms with Crippen LogP contribution >= 0.6 is 0 Å². The Bertz CT molecular complexity index is 1850. The Labute approximate surface area is 291 Å². The van der Waals surface area contributed by atoms with E-state index in [0.717, 1.165) is 0 Å². The van der Waals surface area contributed by atoms with Crippen molar-refractivity contribution in [1.82, 2.24) is 0 Å². The zero-order chi connectivity index (χ0) is 35.1. The van der Waals surface area contributed by atoms with E-state index in [0.29, 0.717) is 0 Å². The van der Waals surface area contributed by atoms with E-state index in [-0.39, 0.29) is 21.7 Å². The quantitative estimate of drug-likeness (QED) is 0.178. The maximum Gasteiger partial charge on any atom is -0.0132 e. The minimum absolute atomic E-state index is 0.183. The normalized spacial score (nSPS) is 12.6. The third-order valence-electron chi connectivity index (χ3n) is 9.58. The molecule has 0 saturated carbocycles. The standard InChI is InChI=1S/2C24H28/c1-23(2,3)21-11-7-17(8-12-21)20-15-18-9-13-22(24(4,5)6)14-10-19(18)16-20;1-23(2,3)21-12-9-17(10-13-21)18-7-8-20-16-22(24(4,5)6)14-11-19(20)15-18/h2*7-16H,1-6H3. The zero-order valence-corrected chi connectivity index (χ0v) is 31.5. The fraction of sp³-hybridized carbons (Fsp3) is 0.333. The highest BCUT2D eigenvalue weighted by Crippen LogP contribution is 2.35. The van der Waals surface area contributed by atoms with Crippen LogP contribution < -0.4 is 0 Å². The second kappa shape index (κ2) is 13.0. The van der Waals surface area contributed by atoms with Crippen LogP contribution in [0.1, 0.15) is 105 Å². The predicted molar refractivity (Wildman–Crippen MR) is 213 cm³/mol. The molecule has 0 nitrogen and oxygen atoms in total. The smallest absolute Gasteiger partial charge is 0.0132 e. The first-order valence-electron chi connectivity index (χ1n) is 17.6. The molecule has 0 bridgehead atoms. The fourth-order valence-corrected chi connectivity index (χ4v) is 6.13. The van der Waals surface area contributed by atoms with Gasteiger partial charge in [-0.25, -0.2) is 0 Å². The molecule has 0 N–H and O–H groups in total. The lowest BCUT2D eigenvalue weighted by atomic mass is 9.85. The van der Waals surface area contributed by atoms with Crippen molar-refractivity contribution in [2.45, 2.75) is 105 Å². The molecule has 48 heavy (non-hydrogen) atoms. The molecule has 2 aliphatic carbocycles. The predicted octanol–water partition coefficient (Wildman–Crippen LogP) is 14.2. The van der Waals surface area contributed by atoms with Gasteiger partial charge in [-0.3, -0.25) is 0 Å². The number of fused-ring (bicyclic) bond motifs is 2. The summed E-state index contributed by atoms with van der Waals surface area (Å²) in [6, 6.07) is 45.2. The molecule has 0 saturated heterocycles. The van der Waals surface area contributed by atoms with Gasteiger partial charge < -0.3 is 0 Å². The maximum absolute atomic E-state index is 2.32. The summed E-state index contributed by atoms with van der Waals surface area (Å²) < 4.78 is 0. The highest BCUT2D eigenvalue weighted by atomic mass is 14.2. The van der Waals surface area contributed by atoms with E-state index in [1.54, 1.807) is 0 Å². The monoisotopic (exact) mass is 632 g/mol. The van der Waals surface area contributed by atoms with Gasteiger partial charge in [-0.05, 0) is 106 Å². The van der Waals surface area contributed by atoms with E-state index in [2.05, 4.69) is 204 Å². The minimum Gasteiger partial charge on any atom is -0.0579 e. The van der Waals surface area contributed by atoms with Gasteiger partial charge in [0.05, 0.1) is 0 Å². The van der Waals surface area contributed by atoms with Gasteiger partial charge >= 0.3 is 0 Å². The first-order valence-corrected chi connectivity index (χ1v) is 17.6. The average molecular weight is 633 g/mol. The molecule has 0 aromatic heterocycles. The van der Waals surface area contributed by atoms with Crippen molar-refractivity contribution in [2.75, 3.05) is 0 Å². The molecular formula is C48H56. The molecule has 2 aliphatic rings. The molecule has 4 aromatic rings. The molecule has 0 heterocycles. The van der Waals surface area contributed by atoms with Crippen LogP contribution in [0.3, 0.4) is 0 Å². The highest BCUT2D eigenvalue weighted by molar-refractivity contribution is 5.88. The Balaban J connectivity index is 0.000000188. The van der Waals surface area contributed by atoms with E-state index < -0.39 is 0 Å². The minimum atomic E-state index is 0.183. The molecule has 0 spiro atoms. The first-order chi connectivity index (χ1) is 22.3. The summed E-state index contributed by atoms with van der Waals surface area (Å²) in [5.74, 6) is 0. The summed E-state index contributed by atoms with van der Waals surface area (Å²) in [5, 5.41) is 2.62. The van der Waals surface area contributed by atoms with Crippen molar-refractivity contribution in [3.8, 4) is 33.4 Å². The van der Waals surface area contributed by atoms with Crippen LogP contribution in [0.25, 0.3) is 44.2 Å². The molecule has 0 radical (unpaired) electrons. The fourth-order valence-electron chi connectivity index (χ4n) is 6.13. The lowest BCUT2D eigenvalue weighted by Gasteiger charge is -2.20. The second-order valence-electron chi connectivity index (χ2n) is 17.7. The molecular weight excluding hydrogens is 577 g/mol. The van der Waals surface area contributed by atoms with Gasteiger partial charge in [0.15, 0.2) is 0 Å². The number of hydrogen-bond donors (Lipinski definition) is 0. The van der Waals surface area contributed by atoms with Gasteiger partial charge in [-0.2, -0.15) is 0 Å². The topological polar surface area (TPSA) is 0 Å². The summed E-state index contributed by atoms with van der Waals surface area (Å²) in [6.07, 6.45) is 0. The van der Waals surface area contributed by atoms with Gasteiger partial charge in [0.1, 0.15) is 0 Å². The lowest BCUT2D eigenvalue weighted by molar-refractivity contribution is 0.590.